The average molecular weight is 201 g/mol. The monoisotopic (exact) mass is 201 g/mol. The highest BCUT2D eigenvalue weighted by atomic mass is 16.5. The van der Waals surface area contributed by atoms with Gasteiger partial charge in [0.1, 0.15) is 0 Å². The minimum atomic E-state index is 0.316. The number of hydrogen-bond acceptors (Lipinski definition) is 3. The first-order chi connectivity index (χ1) is 6.83. The van der Waals surface area contributed by atoms with Gasteiger partial charge in [0.15, 0.2) is 0 Å². The quantitative estimate of drug-likeness (QED) is 0.604. The van der Waals surface area contributed by atoms with Crippen LogP contribution in [0.5, 0.6) is 0 Å². The van der Waals surface area contributed by atoms with Crippen LogP contribution in [0.15, 0.2) is 0 Å². The van der Waals surface area contributed by atoms with E-state index in [-0.39, 0.29) is 0 Å². The first-order valence-electron chi connectivity index (χ1n) is 5.72. The van der Waals surface area contributed by atoms with Crippen LogP contribution in [-0.2, 0) is 4.74 Å². The van der Waals surface area contributed by atoms with Gasteiger partial charge in [0, 0.05) is 19.8 Å². The van der Waals surface area contributed by atoms with Gasteiger partial charge in [0.2, 0.25) is 0 Å². The topological polar surface area (TPSA) is 41.5 Å². The van der Waals surface area contributed by atoms with E-state index >= 15 is 0 Å². The molecule has 0 spiro atoms. The van der Waals surface area contributed by atoms with Gasteiger partial charge in [-0.05, 0) is 37.6 Å². The number of nitrogens with one attached hydrogen (secondary N) is 1. The number of aliphatic hydroxyl groups is 1. The molecule has 1 saturated heterocycles. The molecule has 1 heterocycles. The second kappa shape index (κ2) is 7.21. The van der Waals surface area contributed by atoms with Crippen LogP contribution in [0.2, 0.25) is 0 Å². The molecule has 0 radical (unpaired) electrons. The fraction of sp³-hybridized carbons (Fsp3) is 1.00. The molecule has 2 atom stereocenters. The molecule has 3 nitrogen and oxygen atoms in total. The SMILES string of the molecule is CC(CO)CCCNCC1CCOC1. The Labute approximate surface area is 86.8 Å². The third-order valence-corrected chi connectivity index (χ3v) is 2.82. The normalized spacial score (nSPS) is 24.0. The molecule has 0 saturated carbocycles. The van der Waals surface area contributed by atoms with Crippen molar-refractivity contribution in [1.82, 2.24) is 5.32 Å². The van der Waals surface area contributed by atoms with Crippen LogP contribution in [0.4, 0.5) is 0 Å². The maximum Gasteiger partial charge on any atom is 0.0507 e. The predicted octanol–water partition coefficient (Wildman–Crippen LogP) is 1.02. The van der Waals surface area contributed by atoms with Crippen LogP contribution in [0.3, 0.4) is 0 Å². The molecular weight excluding hydrogens is 178 g/mol. The van der Waals surface area contributed by atoms with Crippen LogP contribution in [0.1, 0.15) is 26.2 Å². The summed E-state index contributed by atoms with van der Waals surface area (Å²) in [6.07, 6.45) is 3.49. The summed E-state index contributed by atoms with van der Waals surface area (Å²) in [6.45, 7) is 6.43. The number of hydrogen-bond donors (Lipinski definition) is 2. The van der Waals surface area contributed by atoms with Gasteiger partial charge in [-0.2, -0.15) is 0 Å². The molecule has 2 N–H and O–H groups in total. The second-order valence-electron chi connectivity index (χ2n) is 4.36. The van der Waals surface area contributed by atoms with Gasteiger partial charge in [-0.1, -0.05) is 6.92 Å². The summed E-state index contributed by atoms with van der Waals surface area (Å²) >= 11 is 0. The highest BCUT2D eigenvalue weighted by Gasteiger charge is 2.14. The van der Waals surface area contributed by atoms with Crippen molar-refractivity contribution in [2.45, 2.75) is 26.2 Å². The first-order valence-corrected chi connectivity index (χ1v) is 5.72. The fourth-order valence-electron chi connectivity index (χ4n) is 1.72. The van der Waals surface area contributed by atoms with E-state index in [9.17, 15) is 0 Å². The molecule has 0 aromatic rings. The third-order valence-electron chi connectivity index (χ3n) is 2.82. The lowest BCUT2D eigenvalue weighted by atomic mass is 10.1. The van der Waals surface area contributed by atoms with Crippen molar-refractivity contribution in [3.8, 4) is 0 Å². The van der Waals surface area contributed by atoms with Crippen molar-refractivity contribution in [2.24, 2.45) is 11.8 Å². The maximum atomic E-state index is 8.83. The lowest BCUT2D eigenvalue weighted by Gasteiger charge is -2.10. The Hall–Kier alpha value is -0.120. The smallest absolute Gasteiger partial charge is 0.0507 e. The van der Waals surface area contributed by atoms with Crippen LogP contribution in [0, 0.1) is 11.8 Å². The summed E-state index contributed by atoms with van der Waals surface area (Å²) in [6, 6.07) is 0. The average Bonchev–Trinajstić information content (AvgIpc) is 2.69. The van der Waals surface area contributed by atoms with E-state index in [1.54, 1.807) is 0 Å². The Balaban J connectivity index is 1.84. The molecular formula is C11H23NO2. The standard InChI is InChI=1S/C11H23NO2/c1-10(8-13)3-2-5-12-7-11-4-6-14-9-11/h10-13H,2-9H2,1H3. The Morgan fingerprint density at radius 3 is 3.07 bits per heavy atom. The molecule has 14 heavy (non-hydrogen) atoms. The molecule has 1 fully saturated rings. The third kappa shape index (κ3) is 4.94. The van der Waals surface area contributed by atoms with Crippen molar-refractivity contribution in [2.75, 3.05) is 32.9 Å². The molecule has 0 aromatic carbocycles. The van der Waals surface area contributed by atoms with E-state index in [4.69, 9.17) is 9.84 Å². The van der Waals surface area contributed by atoms with Crippen molar-refractivity contribution in [1.29, 1.82) is 0 Å². The molecule has 0 amide bonds. The summed E-state index contributed by atoms with van der Waals surface area (Å²) < 4.78 is 5.30. The predicted molar refractivity (Wildman–Crippen MR) is 57.3 cm³/mol. The lowest BCUT2D eigenvalue weighted by molar-refractivity contribution is 0.185. The van der Waals surface area contributed by atoms with Gasteiger partial charge >= 0.3 is 0 Å². The van der Waals surface area contributed by atoms with Crippen LogP contribution in [0.25, 0.3) is 0 Å². The number of aliphatic hydroxyl groups excluding tert-OH is 1. The molecule has 0 bridgehead atoms. The molecule has 3 heteroatoms. The summed E-state index contributed by atoms with van der Waals surface area (Å²) in [5, 5.41) is 12.3. The minimum Gasteiger partial charge on any atom is -0.396 e. The van der Waals surface area contributed by atoms with Crippen LogP contribution in [-0.4, -0.2) is 38.0 Å². The van der Waals surface area contributed by atoms with E-state index in [1.165, 1.54) is 6.42 Å². The largest absolute Gasteiger partial charge is 0.396 e. The molecule has 1 rings (SSSR count). The fourth-order valence-corrected chi connectivity index (χ4v) is 1.72. The number of ether oxygens (including phenoxy) is 1. The minimum absolute atomic E-state index is 0.316. The lowest BCUT2D eigenvalue weighted by Crippen LogP contribution is -2.24. The summed E-state index contributed by atoms with van der Waals surface area (Å²) in [5.74, 6) is 1.18. The van der Waals surface area contributed by atoms with Gasteiger partial charge in [-0.15, -0.1) is 0 Å². The first kappa shape index (κ1) is 12.0. The van der Waals surface area contributed by atoms with Gasteiger partial charge in [-0.3, -0.25) is 0 Å². The van der Waals surface area contributed by atoms with E-state index in [0.717, 1.165) is 45.1 Å². The van der Waals surface area contributed by atoms with Crippen molar-refractivity contribution in [3.63, 3.8) is 0 Å². The zero-order valence-corrected chi connectivity index (χ0v) is 9.17. The Morgan fingerprint density at radius 1 is 1.57 bits per heavy atom. The number of rotatable bonds is 7. The van der Waals surface area contributed by atoms with E-state index in [2.05, 4.69) is 12.2 Å². The Morgan fingerprint density at radius 2 is 2.43 bits per heavy atom. The van der Waals surface area contributed by atoms with Crippen molar-refractivity contribution < 1.29 is 9.84 Å². The van der Waals surface area contributed by atoms with Gasteiger partial charge < -0.3 is 15.2 Å². The van der Waals surface area contributed by atoms with Crippen molar-refractivity contribution in [3.05, 3.63) is 0 Å². The summed E-state index contributed by atoms with van der Waals surface area (Å²) in [4.78, 5) is 0. The van der Waals surface area contributed by atoms with Gasteiger partial charge in [-0.25, -0.2) is 0 Å². The highest BCUT2D eigenvalue weighted by Crippen LogP contribution is 2.10. The molecule has 2 unspecified atom stereocenters. The molecule has 0 aromatic heterocycles. The zero-order valence-electron chi connectivity index (χ0n) is 9.17. The zero-order chi connectivity index (χ0) is 10.2. The molecule has 1 aliphatic rings. The van der Waals surface area contributed by atoms with E-state index < -0.39 is 0 Å². The Bertz CT molecular complexity index is 135. The molecule has 0 aliphatic carbocycles. The van der Waals surface area contributed by atoms with Crippen LogP contribution < -0.4 is 5.32 Å². The van der Waals surface area contributed by atoms with E-state index in [1.807, 2.05) is 0 Å². The van der Waals surface area contributed by atoms with Gasteiger partial charge in [0.25, 0.3) is 0 Å². The highest BCUT2D eigenvalue weighted by molar-refractivity contribution is 4.66. The Kier molecular flexibility index (Phi) is 6.15. The maximum absolute atomic E-state index is 8.83. The second-order valence-corrected chi connectivity index (χ2v) is 4.36. The molecule has 1 aliphatic heterocycles. The molecule has 84 valence electrons. The summed E-state index contributed by atoms with van der Waals surface area (Å²) in [7, 11) is 0. The van der Waals surface area contributed by atoms with Crippen molar-refractivity contribution >= 4 is 0 Å². The van der Waals surface area contributed by atoms with Crippen LogP contribution >= 0.6 is 0 Å². The van der Waals surface area contributed by atoms with E-state index in [0.29, 0.717) is 12.5 Å². The summed E-state index contributed by atoms with van der Waals surface area (Å²) in [5.41, 5.74) is 0. The van der Waals surface area contributed by atoms with Gasteiger partial charge in [0.05, 0.1) is 6.61 Å².